The van der Waals surface area contributed by atoms with Gasteiger partial charge in [0.2, 0.25) is 5.91 Å². The molecule has 3 rings (SSSR count). The van der Waals surface area contributed by atoms with Crippen molar-refractivity contribution in [2.45, 2.75) is 20.3 Å². The molecule has 3 aromatic carbocycles. The van der Waals surface area contributed by atoms with Crippen LogP contribution in [0.2, 0.25) is 0 Å². The Morgan fingerprint density at radius 3 is 1.79 bits per heavy atom. The van der Waals surface area contributed by atoms with Crippen molar-refractivity contribution in [2.24, 2.45) is 5.73 Å². The van der Waals surface area contributed by atoms with Gasteiger partial charge in [0.25, 0.3) is 0 Å². The third-order valence-electron chi connectivity index (χ3n) is 4.68. The van der Waals surface area contributed by atoms with Crippen LogP contribution < -0.4 is 25.0 Å². The molecule has 0 heterocycles. The number of ether oxygens (including phenoxy) is 2. The maximum absolute atomic E-state index is 12.0. The third-order valence-corrected chi connectivity index (χ3v) is 4.68. The largest absolute Gasteiger partial charge is 0.493 e. The molecule has 0 saturated carbocycles. The van der Waals surface area contributed by atoms with E-state index in [1.807, 2.05) is 24.3 Å². The summed E-state index contributed by atoms with van der Waals surface area (Å²) in [7, 11) is 4.75. The van der Waals surface area contributed by atoms with E-state index in [1.54, 1.807) is 32.4 Å². The molecule has 0 saturated heterocycles. The molecule has 0 aliphatic carbocycles. The van der Waals surface area contributed by atoms with Gasteiger partial charge in [-0.25, -0.2) is 0 Å². The van der Waals surface area contributed by atoms with Crippen molar-refractivity contribution in [1.82, 2.24) is 0 Å². The molecule has 3 aromatic rings. The molecule has 0 spiro atoms. The van der Waals surface area contributed by atoms with E-state index in [0.717, 1.165) is 17.9 Å². The van der Waals surface area contributed by atoms with Gasteiger partial charge in [-0.3, -0.25) is 9.74 Å². The van der Waals surface area contributed by atoms with Gasteiger partial charge in [0, 0.05) is 11.6 Å². The molecule has 0 unspecified atom stereocenters. The van der Waals surface area contributed by atoms with E-state index in [0.29, 0.717) is 5.69 Å². The normalized spacial score (nSPS) is 9.42. The summed E-state index contributed by atoms with van der Waals surface area (Å²) in [5.41, 5.74) is 8.29. The summed E-state index contributed by atoms with van der Waals surface area (Å²) >= 11 is 0. The summed E-state index contributed by atoms with van der Waals surface area (Å²) in [6.07, 6.45) is 1.14. The Morgan fingerprint density at radius 1 is 0.879 bits per heavy atom. The van der Waals surface area contributed by atoms with Crippen LogP contribution in [0.25, 0.3) is 0 Å². The minimum Gasteiger partial charge on any atom is -0.493 e. The quantitative estimate of drug-likeness (QED) is 0.556. The second-order valence-corrected chi connectivity index (χ2v) is 6.90. The first kappa shape index (κ1) is 27.5. The average molecular weight is 457 g/mol. The van der Waals surface area contributed by atoms with Crippen LogP contribution in [-0.2, 0) is 11.2 Å². The summed E-state index contributed by atoms with van der Waals surface area (Å²) in [5, 5.41) is 0. The number of carbonyl (C=O) groups is 1. The highest BCUT2D eigenvalue weighted by Gasteiger charge is 2.13. The Bertz CT molecular complexity index is 942. The Kier molecular flexibility index (Phi) is 12.7. The highest BCUT2D eigenvalue weighted by molar-refractivity contribution is 5.95. The van der Waals surface area contributed by atoms with Crippen molar-refractivity contribution < 1.29 is 23.7 Å². The number of benzene rings is 3. The molecule has 178 valence electrons. The maximum Gasteiger partial charge on any atom is 0.240 e. The molecule has 6 nitrogen and oxygen atoms in total. The average Bonchev–Trinajstić information content (AvgIpc) is 2.88. The molecule has 7 heteroatoms. The minimum atomic E-state index is -0.311. The van der Waals surface area contributed by atoms with Gasteiger partial charge in [-0.1, -0.05) is 61.0 Å². The lowest BCUT2D eigenvalue weighted by molar-refractivity contribution is -0.117. The molecule has 0 radical (unpaired) electrons. The molecule has 0 bridgehead atoms. The number of para-hydroxylation sites is 4. The number of carbonyl (C=O) groups excluding carboxylic acids is 1. The van der Waals surface area contributed by atoms with Crippen molar-refractivity contribution in [3.05, 3.63) is 83.9 Å². The fraction of sp³-hybridized carbons (Fsp3) is 0.269. The van der Waals surface area contributed by atoms with Crippen LogP contribution >= 0.6 is 0 Å². The zero-order valence-electron chi connectivity index (χ0n) is 19.9. The van der Waals surface area contributed by atoms with Gasteiger partial charge >= 0.3 is 0 Å². The summed E-state index contributed by atoms with van der Waals surface area (Å²) in [6, 6.07) is 22.5. The SMILES string of the molecule is CCc1ccc(C)cc1.CN(C(=O)CN)c1ccccc1OF.COc1ccccc1OC. The van der Waals surface area contributed by atoms with Crippen LogP contribution in [-0.4, -0.2) is 33.7 Å². The minimum absolute atomic E-state index is 0.00296. The molecule has 33 heavy (non-hydrogen) atoms. The van der Waals surface area contributed by atoms with Crippen LogP contribution in [0.1, 0.15) is 18.1 Å². The van der Waals surface area contributed by atoms with Gasteiger partial charge in [0.1, 0.15) is 0 Å². The smallest absolute Gasteiger partial charge is 0.240 e. The van der Waals surface area contributed by atoms with E-state index in [-0.39, 0.29) is 18.2 Å². The number of methoxy groups -OCH3 is 2. The number of likely N-dealkylation sites (N-methyl/N-ethyl adjacent to an activating group) is 1. The van der Waals surface area contributed by atoms with Crippen molar-refractivity contribution in [2.75, 3.05) is 32.7 Å². The Morgan fingerprint density at radius 2 is 1.36 bits per heavy atom. The first-order valence-corrected chi connectivity index (χ1v) is 10.5. The number of halogens is 1. The molecular weight excluding hydrogens is 423 g/mol. The van der Waals surface area contributed by atoms with E-state index >= 15 is 0 Å². The van der Waals surface area contributed by atoms with E-state index in [2.05, 4.69) is 43.1 Å². The number of amides is 1. The highest BCUT2D eigenvalue weighted by atomic mass is 19.3. The molecular formula is C26H33FN2O4. The highest BCUT2D eigenvalue weighted by Crippen LogP contribution is 2.27. The number of anilines is 1. The Balaban J connectivity index is 0.000000255. The van der Waals surface area contributed by atoms with Gasteiger partial charge in [0.15, 0.2) is 17.2 Å². The molecule has 2 N–H and O–H groups in total. The zero-order chi connectivity index (χ0) is 24.6. The lowest BCUT2D eigenvalue weighted by Gasteiger charge is -2.17. The maximum atomic E-state index is 12.0. The molecule has 0 aromatic heterocycles. The number of aryl methyl sites for hydroxylation is 2. The lowest BCUT2D eigenvalue weighted by atomic mass is 10.1. The van der Waals surface area contributed by atoms with Crippen molar-refractivity contribution in [3.8, 4) is 17.2 Å². The fourth-order valence-corrected chi connectivity index (χ4v) is 2.68. The molecule has 0 aliphatic heterocycles. The number of hydrogen-bond acceptors (Lipinski definition) is 5. The second-order valence-electron chi connectivity index (χ2n) is 6.90. The van der Waals surface area contributed by atoms with E-state index in [1.165, 1.54) is 29.1 Å². The second kappa shape index (κ2) is 15.3. The van der Waals surface area contributed by atoms with E-state index in [9.17, 15) is 9.32 Å². The summed E-state index contributed by atoms with van der Waals surface area (Å²) < 4.78 is 22.1. The third kappa shape index (κ3) is 9.21. The molecule has 0 aliphatic rings. The van der Waals surface area contributed by atoms with Gasteiger partial charge in [-0.15, -0.1) is 0 Å². The fourth-order valence-electron chi connectivity index (χ4n) is 2.68. The number of nitrogens with zero attached hydrogens (tertiary/aromatic N) is 1. The van der Waals surface area contributed by atoms with Crippen molar-refractivity contribution in [1.29, 1.82) is 0 Å². The van der Waals surface area contributed by atoms with Crippen LogP contribution in [0.3, 0.4) is 0 Å². The van der Waals surface area contributed by atoms with Crippen molar-refractivity contribution in [3.63, 3.8) is 0 Å². The van der Waals surface area contributed by atoms with Crippen LogP contribution in [0.15, 0.2) is 72.8 Å². The summed E-state index contributed by atoms with van der Waals surface area (Å²) in [6.45, 7) is 4.15. The molecule has 1 amide bonds. The number of nitrogens with two attached hydrogens (primary N) is 1. The summed E-state index contributed by atoms with van der Waals surface area (Å²) in [5.74, 6) is 1.22. The molecule has 0 atom stereocenters. The predicted molar refractivity (Wildman–Crippen MR) is 131 cm³/mol. The number of rotatable bonds is 6. The lowest BCUT2D eigenvalue weighted by Crippen LogP contribution is -2.32. The zero-order valence-corrected chi connectivity index (χ0v) is 19.9. The van der Waals surface area contributed by atoms with Gasteiger partial charge in [-0.05, 0) is 43.2 Å². The Labute approximate surface area is 195 Å². The molecule has 0 fully saturated rings. The van der Waals surface area contributed by atoms with Crippen LogP contribution in [0.4, 0.5) is 10.2 Å². The van der Waals surface area contributed by atoms with Crippen molar-refractivity contribution >= 4 is 11.6 Å². The first-order chi connectivity index (χ1) is 15.9. The predicted octanol–water partition coefficient (Wildman–Crippen LogP) is 5.13. The van der Waals surface area contributed by atoms with E-state index < -0.39 is 0 Å². The van der Waals surface area contributed by atoms with E-state index in [4.69, 9.17) is 15.2 Å². The van der Waals surface area contributed by atoms with Gasteiger partial charge < -0.3 is 20.1 Å². The van der Waals surface area contributed by atoms with Crippen LogP contribution in [0, 0.1) is 6.92 Å². The monoisotopic (exact) mass is 456 g/mol. The summed E-state index contributed by atoms with van der Waals surface area (Å²) in [4.78, 5) is 16.1. The van der Waals surface area contributed by atoms with Gasteiger partial charge in [-0.2, -0.15) is 0 Å². The van der Waals surface area contributed by atoms with Gasteiger partial charge in [0.05, 0.1) is 26.5 Å². The topological polar surface area (TPSA) is 74.0 Å². The van der Waals surface area contributed by atoms with Crippen LogP contribution in [0.5, 0.6) is 17.2 Å². The number of hydrogen-bond donors (Lipinski definition) is 1. The Hall–Kier alpha value is -3.58. The standard InChI is InChI=1S/C9H11FN2O2.C9H12.C8H10O2/c1-12(9(13)6-11)7-4-2-3-5-8(7)14-10;1-3-9-6-4-8(2)5-7-9;1-9-7-5-3-4-6-8(7)10-2/h2-5H,6,11H2,1H3;4-7H,3H2,1-2H3;3-6H,1-2H3. The first-order valence-electron chi connectivity index (χ1n) is 10.5.